The van der Waals surface area contributed by atoms with Crippen LogP contribution in [0.15, 0.2) is 29.5 Å². The van der Waals surface area contributed by atoms with E-state index in [1.165, 1.54) is 0 Å². The van der Waals surface area contributed by atoms with E-state index < -0.39 is 0 Å². The van der Waals surface area contributed by atoms with Crippen molar-refractivity contribution < 1.29 is 0 Å². The number of hydrazone groups is 1. The minimum Gasteiger partial charge on any atom is -0.313 e. The van der Waals surface area contributed by atoms with Crippen LogP contribution in [-0.2, 0) is 0 Å². The van der Waals surface area contributed by atoms with Crippen LogP contribution < -0.4 is 5.43 Å². The Hall–Kier alpha value is -1.38. The van der Waals surface area contributed by atoms with Crippen LogP contribution in [0.4, 0.5) is 0 Å². The first-order valence-corrected chi connectivity index (χ1v) is 3.47. The summed E-state index contributed by atoms with van der Waals surface area (Å²) in [6.45, 7) is 1.92. The van der Waals surface area contributed by atoms with Crippen LogP contribution in [0.3, 0.4) is 0 Å². The van der Waals surface area contributed by atoms with Crippen molar-refractivity contribution in [3.8, 4) is 0 Å². The van der Waals surface area contributed by atoms with E-state index >= 15 is 0 Å². The predicted octanol–water partition coefficient (Wildman–Crippen LogP) is 1.02. The molecule has 0 aromatic carbocycles. The fraction of sp³-hybridized carbons (Fsp3) is 0.250. The van der Waals surface area contributed by atoms with Crippen LogP contribution in [0.25, 0.3) is 0 Å². The highest BCUT2D eigenvalue weighted by molar-refractivity contribution is 5.96. The van der Waals surface area contributed by atoms with E-state index in [4.69, 9.17) is 0 Å². The Morgan fingerprint density at radius 3 is 2.91 bits per heavy atom. The zero-order chi connectivity index (χ0) is 8.10. The van der Waals surface area contributed by atoms with Gasteiger partial charge in [0, 0.05) is 13.2 Å². The van der Waals surface area contributed by atoms with E-state index in [1.54, 1.807) is 13.2 Å². The molecule has 1 aromatic rings. The van der Waals surface area contributed by atoms with Gasteiger partial charge < -0.3 is 5.43 Å². The maximum atomic E-state index is 4.13. The molecule has 0 amide bonds. The highest BCUT2D eigenvalue weighted by Crippen LogP contribution is 1.94. The first-order chi connectivity index (χ1) is 5.34. The minimum atomic E-state index is 0.896. The second-order valence-electron chi connectivity index (χ2n) is 2.14. The molecule has 0 atom stereocenters. The Balaban J connectivity index is 2.85. The molecule has 0 aliphatic rings. The number of hydrogen-bond acceptors (Lipinski definition) is 3. The molecule has 0 radical (unpaired) electrons. The van der Waals surface area contributed by atoms with Crippen LogP contribution in [0.1, 0.15) is 12.6 Å². The number of aromatic nitrogens is 1. The lowest BCUT2D eigenvalue weighted by Crippen LogP contribution is -2.04. The molecule has 1 aromatic heterocycles. The lowest BCUT2D eigenvalue weighted by atomic mass is 10.3. The topological polar surface area (TPSA) is 37.3 Å². The molecule has 0 saturated heterocycles. The lowest BCUT2D eigenvalue weighted by molar-refractivity contribution is 0.898. The van der Waals surface area contributed by atoms with Gasteiger partial charge in [0.25, 0.3) is 0 Å². The molecule has 1 rings (SSSR count). The Kier molecular flexibility index (Phi) is 2.60. The summed E-state index contributed by atoms with van der Waals surface area (Å²) in [6, 6.07) is 5.75. The summed E-state index contributed by atoms with van der Waals surface area (Å²) in [7, 11) is 1.77. The molecule has 0 bridgehead atoms. The third kappa shape index (κ3) is 2.04. The smallest absolute Gasteiger partial charge is 0.0859 e. The van der Waals surface area contributed by atoms with Crippen molar-refractivity contribution in [3.63, 3.8) is 0 Å². The average Bonchev–Trinajstić information content (AvgIpc) is 2.07. The largest absolute Gasteiger partial charge is 0.313 e. The maximum Gasteiger partial charge on any atom is 0.0859 e. The van der Waals surface area contributed by atoms with Crippen LogP contribution in [0.5, 0.6) is 0 Å². The fourth-order valence-corrected chi connectivity index (χ4v) is 0.802. The van der Waals surface area contributed by atoms with Gasteiger partial charge in [-0.15, -0.1) is 0 Å². The quantitative estimate of drug-likeness (QED) is 0.503. The van der Waals surface area contributed by atoms with Gasteiger partial charge in [-0.2, -0.15) is 5.10 Å². The van der Waals surface area contributed by atoms with Gasteiger partial charge in [-0.1, -0.05) is 6.07 Å². The van der Waals surface area contributed by atoms with Crippen LogP contribution in [0, 0.1) is 0 Å². The molecule has 0 saturated carbocycles. The van der Waals surface area contributed by atoms with Gasteiger partial charge in [-0.05, 0) is 19.1 Å². The standard InChI is InChI=1S/C8H11N3/c1-7(11-9-2)8-5-3-4-6-10-8/h3-6,9H,1-2H3/b11-7-. The molecule has 0 spiro atoms. The van der Waals surface area contributed by atoms with Crippen molar-refractivity contribution in [3.05, 3.63) is 30.1 Å². The number of rotatable bonds is 2. The molecule has 0 aliphatic carbocycles. The summed E-state index contributed by atoms with van der Waals surface area (Å²) in [4.78, 5) is 4.13. The van der Waals surface area contributed by atoms with Crippen molar-refractivity contribution >= 4 is 5.71 Å². The molecule has 0 aliphatic heterocycles. The minimum absolute atomic E-state index is 0.896. The highest BCUT2D eigenvalue weighted by Gasteiger charge is 1.94. The van der Waals surface area contributed by atoms with Crippen molar-refractivity contribution in [1.29, 1.82) is 0 Å². The van der Waals surface area contributed by atoms with E-state index in [2.05, 4.69) is 15.5 Å². The second-order valence-corrected chi connectivity index (χ2v) is 2.14. The second kappa shape index (κ2) is 3.71. The summed E-state index contributed by atoms with van der Waals surface area (Å²) in [5, 5.41) is 4.00. The highest BCUT2D eigenvalue weighted by atomic mass is 15.3. The van der Waals surface area contributed by atoms with Crippen LogP contribution >= 0.6 is 0 Å². The van der Waals surface area contributed by atoms with Gasteiger partial charge in [-0.3, -0.25) is 4.98 Å². The molecular weight excluding hydrogens is 138 g/mol. The number of nitrogens with zero attached hydrogens (tertiary/aromatic N) is 2. The van der Waals surface area contributed by atoms with Crippen molar-refractivity contribution in [2.24, 2.45) is 5.10 Å². The molecule has 1 N–H and O–H groups in total. The van der Waals surface area contributed by atoms with E-state index in [1.807, 2.05) is 25.1 Å². The summed E-state index contributed by atoms with van der Waals surface area (Å²) in [6.07, 6.45) is 1.75. The first-order valence-electron chi connectivity index (χ1n) is 3.47. The number of pyridine rings is 1. The third-order valence-corrected chi connectivity index (χ3v) is 1.32. The van der Waals surface area contributed by atoms with Crippen molar-refractivity contribution in [2.45, 2.75) is 6.92 Å². The lowest BCUT2D eigenvalue weighted by Gasteiger charge is -1.96. The van der Waals surface area contributed by atoms with Crippen molar-refractivity contribution in [1.82, 2.24) is 10.4 Å². The fourth-order valence-electron chi connectivity index (χ4n) is 0.802. The zero-order valence-corrected chi connectivity index (χ0v) is 6.70. The molecule has 3 heteroatoms. The van der Waals surface area contributed by atoms with E-state index in [0.717, 1.165) is 11.4 Å². The van der Waals surface area contributed by atoms with Gasteiger partial charge >= 0.3 is 0 Å². The molecule has 11 heavy (non-hydrogen) atoms. The van der Waals surface area contributed by atoms with Gasteiger partial charge in [0.2, 0.25) is 0 Å². The Morgan fingerprint density at radius 1 is 1.55 bits per heavy atom. The van der Waals surface area contributed by atoms with Gasteiger partial charge in [0.05, 0.1) is 11.4 Å². The third-order valence-electron chi connectivity index (χ3n) is 1.32. The Bertz CT molecular complexity index is 241. The first kappa shape index (κ1) is 7.72. The zero-order valence-electron chi connectivity index (χ0n) is 6.70. The van der Waals surface area contributed by atoms with Crippen LogP contribution in [0.2, 0.25) is 0 Å². The van der Waals surface area contributed by atoms with Crippen LogP contribution in [-0.4, -0.2) is 17.7 Å². The molecule has 3 nitrogen and oxygen atoms in total. The molecule has 58 valence electrons. The Morgan fingerprint density at radius 2 is 2.36 bits per heavy atom. The summed E-state index contributed by atoms with van der Waals surface area (Å²) in [5.41, 5.74) is 4.51. The normalized spacial score (nSPS) is 11.3. The maximum absolute atomic E-state index is 4.13. The van der Waals surface area contributed by atoms with Gasteiger partial charge in [0.1, 0.15) is 0 Å². The SMILES string of the molecule is CN/N=C(/C)c1ccccn1. The van der Waals surface area contributed by atoms with Gasteiger partial charge in [-0.25, -0.2) is 0 Å². The van der Waals surface area contributed by atoms with E-state index in [0.29, 0.717) is 0 Å². The average molecular weight is 149 g/mol. The molecule has 0 unspecified atom stereocenters. The molecule has 0 fully saturated rings. The summed E-state index contributed by atoms with van der Waals surface area (Å²) >= 11 is 0. The van der Waals surface area contributed by atoms with E-state index in [9.17, 15) is 0 Å². The number of hydrogen-bond donors (Lipinski definition) is 1. The molecule has 1 heterocycles. The Labute approximate surface area is 66.2 Å². The molecular formula is C8H11N3. The van der Waals surface area contributed by atoms with Gasteiger partial charge in [0.15, 0.2) is 0 Å². The predicted molar refractivity (Wildman–Crippen MR) is 45.5 cm³/mol. The number of nitrogens with one attached hydrogen (secondary N) is 1. The summed E-state index contributed by atoms with van der Waals surface area (Å²) < 4.78 is 0. The van der Waals surface area contributed by atoms with E-state index in [-0.39, 0.29) is 0 Å². The summed E-state index contributed by atoms with van der Waals surface area (Å²) in [5.74, 6) is 0. The monoisotopic (exact) mass is 149 g/mol. The van der Waals surface area contributed by atoms with Crippen molar-refractivity contribution in [2.75, 3.05) is 7.05 Å².